The number of primary amides is 1. The van der Waals surface area contributed by atoms with Gasteiger partial charge in [-0.05, 0) is 50.3 Å². The smallest absolute Gasteiger partial charge is 0.370 e. The molecule has 1 aromatic carbocycles. The Balaban J connectivity index is 0.000000795. The molecule has 2 heterocycles. The average Bonchev–Trinajstić information content (AvgIpc) is 3.13. The fourth-order valence-electron chi connectivity index (χ4n) is 4.74. The van der Waals surface area contributed by atoms with E-state index >= 15 is 0 Å². The van der Waals surface area contributed by atoms with Gasteiger partial charge in [0.25, 0.3) is 0 Å². The molecule has 192 valence electrons. The number of rotatable bonds is 5. The molecule has 2 amide bonds. The van der Waals surface area contributed by atoms with Gasteiger partial charge in [0.1, 0.15) is 18.2 Å². The highest BCUT2D eigenvalue weighted by molar-refractivity contribution is 5.93. The van der Waals surface area contributed by atoms with Crippen LogP contribution in [-0.4, -0.2) is 57.4 Å². The summed E-state index contributed by atoms with van der Waals surface area (Å²) >= 11 is 0. The van der Waals surface area contributed by atoms with Crippen molar-refractivity contribution < 1.29 is 22.8 Å². The van der Waals surface area contributed by atoms with Crippen molar-refractivity contribution in [1.82, 2.24) is 20.2 Å². The lowest BCUT2D eigenvalue weighted by Crippen LogP contribution is -2.46. The van der Waals surface area contributed by atoms with Crippen molar-refractivity contribution in [3.63, 3.8) is 0 Å². The molecule has 0 radical (unpaired) electrons. The van der Waals surface area contributed by atoms with E-state index in [2.05, 4.69) is 40.2 Å². The normalized spacial score (nSPS) is 22.8. The molecule has 0 bridgehead atoms. The number of nitrogens with zero attached hydrogens (tertiary/aromatic N) is 3. The number of amides is 2. The molecule has 1 saturated heterocycles. The van der Waals surface area contributed by atoms with E-state index < -0.39 is 17.8 Å². The van der Waals surface area contributed by atoms with Gasteiger partial charge in [0.2, 0.25) is 11.8 Å². The third-order valence-electron chi connectivity index (χ3n) is 6.22. The predicted molar refractivity (Wildman–Crippen MR) is 127 cm³/mol. The maximum Gasteiger partial charge on any atom is 0.416 e. The van der Waals surface area contributed by atoms with E-state index in [1.807, 2.05) is 4.90 Å². The van der Waals surface area contributed by atoms with E-state index in [4.69, 9.17) is 0 Å². The zero-order valence-electron chi connectivity index (χ0n) is 20.2. The van der Waals surface area contributed by atoms with Gasteiger partial charge in [0.15, 0.2) is 0 Å². The molecule has 8 nitrogen and oxygen atoms in total. The van der Waals surface area contributed by atoms with Gasteiger partial charge >= 0.3 is 6.18 Å². The van der Waals surface area contributed by atoms with Crippen LogP contribution in [0.2, 0.25) is 0 Å². The van der Waals surface area contributed by atoms with Crippen LogP contribution >= 0.6 is 0 Å². The highest BCUT2D eigenvalue weighted by Gasteiger charge is 2.38. The van der Waals surface area contributed by atoms with Crippen LogP contribution in [-0.2, 0) is 15.8 Å². The van der Waals surface area contributed by atoms with Crippen molar-refractivity contribution in [3.05, 3.63) is 30.1 Å². The van der Waals surface area contributed by atoms with E-state index in [0.29, 0.717) is 30.6 Å². The molecule has 1 unspecified atom stereocenters. The van der Waals surface area contributed by atoms with E-state index in [0.717, 1.165) is 37.8 Å². The first kappa shape index (κ1) is 26.7. The van der Waals surface area contributed by atoms with Gasteiger partial charge in [-0.3, -0.25) is 9.59 Å². The van der Waals surface area contributed by atoms with Gasteiger partial charge in [0.05, 0.1) is 11.1 Å². The summed E-state index contributed by atoms with van der Waals surface area (Å²) in [6.07, 6.45) is 1.47. The van der Waals surface area contributed by atoms with Gasteiger partial charge < -0.3 is 21.3 Å². The summed E-state index contributed by atoms with van der Waals surface area (Å²) in [6.45, 7) is 6.24. The first-order valence-electron chi connectivity index (χ1n) is 11.9. The van der Waals surface area contributed by atoms with Gasteiger partial charge in [-0.25, -0.2) is 9.97 Å². The number of anilines is 1. The largest absolute Gasteiger partial charge is 0.416 e. The van der Waals surface area contributed by atoms with Crippen LogP contribution in [0.25, 0.3) is 10.9 Å². The number of halogens is 3. The summed E-state index contributed by atoms with van der Waals surface area (Å²) < 4.78 is 39.4. The lowest BCUT2D eigenvalue weighted by Gasteiger charge is -2.35. The Hall–Kier alpha value is -2.95. The molecule has 1 aliphatic heterocycles. The molecule has 1 saturated carbocycles. The first-order valence-corrected chi connectivity index (χ1v) is 11.9. The first-order chi connectivity index (χ1) is 16.5. The maximum absolute atomic E-state index is 13.1. The number of nitrogens with two attached hydrogens (primary N) is 1. The van der Waals surface area contributed by atoms with Crippen molar-refractivity contribution in [2.45, 2.75) is 83.2 Å². The number of benzene rings is 1. The molecule has 0 spiro atoms. The maximum atomic E-state index is 13.1. The second kappa shape index (κ2) is 11.2. The lowest BCUT2D eigenvalue weighted by molar-refractivity contribution is -0.137. The second-order valence-electron chi connectivity index (χ2n) is 9.41. The zero-order valence-corrected chi connectivity index (χ0v) is 20.2. The molecular weight excluding hydrogens is 461 g/mol. The van der Waals surface area contributed by atoms with Gasteiger partial charge in [-0.2, -0.15) is 13.2 Å². The van der Waals surface area contributed by atoms with Crippen LogP contribution in [0.15, 0.2) is 24.5 Å². The summed E-state index contributed by atoms with van der Waals surface area (Å²) in [5.41, 5.74) is 4.12. The summed E-state index contributed by atoms with van der Waals surface area (Å²) in [7, 11) is 0. The molecule has 2 aromatic rings. The Kier molecular flexibility index (Phi) is 8.52. The number of hydrogen-bond donors (Lipinski definition) is 3. The summed E-state index contributed by atoms with van der Waals surface area (Å²) in [6, 6.07) is 4.06. The third kappa shape index (κ3) is 7.03. The fraction of sp³-hybridized carbons (Fsp3) is 0.583. The highest BCUT2D eigenvalue weighted by atomic mass is 19.4. The van der Waals surface area contributed by atoms with Crippen LogP contribution in [0.4, 0.5) is 19.0 Å². The number of hydrogen-bond acceptors (Lipinski definition) is 6. The van der Waals surface area contributed by atoms with E-state index in [1.165, 1.54) is 19.3 Å². The number of nitrogens with one attached hydrogen (secondary N) is 2. The highest BCUT2D eigenvalue weighted by Crippen LogP contribution is 2.33. The molecule has 2 aliphatic rings. The Morgan fingerprint density at radius 3 is 2.40 bits per heavy atom. The number of carbonyl (C=O) groups is 2. The molecule has 35 heavy (non-hydrogen) atoms. The molecule has 11 heteroatoms. The number of fused-ring (bicyclic) bond motifs is 1. The van der Waals surface area contributed by atoms with E-state index in [1.54, 1.807) is 0 Å². The van der Waals surface area contributed by atoms with Crippen LogP contribution in [0.1, 0.15) is 58.4 Å². The molecule has 1 aliphatic carbocycles. The quantitative estimate of drug-likeness (QED) is 0.587. The topological polar surface area (TPSA) is 113 Å². The van der Waals surface area contributed by atoms with Gasteiger partial charge in [-0.1, -0.05) is 13.8 Å². The Bertz CT molecular complexity index is 1030. The monoisotopic (exact) mass is 494 g/mol. The molecule has 4 N–H and O–H groups in total. The zero-order chi connectivity index (χ0) is 25.8. The number of alkyl halides is 3. The molecular formula is C24H33F3N6O2. The molecule has 4 rings (SSSR count). The average molecular weight is 495 g/mol. The number of likely N-dealkylation sites (tertiary alicyclic amines) is 1. The number of carbonyl (C=O) groups excluding carboxylic acids is 2. The number of aromatic nitrogens is 2. The second-order valence-corrected chi connectivity index (χ2v) is 9.41. The van der Waals surface area contributed by atoms with Gasteiger partial charge in [0, 0.05) is 37.0 Å². The van der Waals surface area contributed by atoms with E-state index in [-0.39, 0.29) is 29.1 Å². The Labute approximate surface area is 202 Å². The van der Waals surface area contributed by atoms with Crippen molar-refractivity contribution in [2.24, 2.45) is 5.73 Å². The van der Waals surface area contributed by atoms with Crippen LogP contribution in [0, 0.1) is 0 Å². The minimum absolute atomic E-state index is 0.000919. The van der Waals surface area contributed by atoms with Crippen LogP contribution < -0.4 is 16.4 Å². The summed E-state index contributed by atoms with van der Waals surface area (Å²) in [5, 5.41) is 6.93. The summed E-state index contributed by atoms with van der Waals surface area (Å²) in [4.78, 5) is 32.4. The van der Waals surface area contributed by atoms with Crippen molar-refractivity contribution in [2.75, 3.05) is 11.9 Å². The molecule has 2 fully saturated rings. The minimum atomic E-state index is -4.45. The van der Waals surface area contributed by atoms with Crippen LogP contribution in [0.5, 0.6) is 0 Å². The SMILES string of the molecule is CC(C)NC1CCC(N2CCC(Nc3ncnc4ccc(C(F)(F)F)cc34)C2=O)CC1.CC(N)=O. The van der Waals surface area contributed by atoms with Crippen LogP contribution in [0.3, 0.4) is 0 Å². The van der Waals surface area contributed by atoms with Gasteiger partial charge in [-0.15, -0.1) is 0 Å². The van der Waals surface area contributed by atoms with Crippen molar-refractivity contribution in [1.29, 1.82) is 0 Å². The van der Waals surface area contributed by atoms with E-state index in [9.17, 15) is 22.8 Å². The minimum Gasteiger partial charge on any atom is -0.370 e. The standard InChI is InChI=1S/C22H28F3N5O.C2H5NO/c1-13(2)28-15-4-6-16(7-5-15)30-10-9-19(21(30)31)29-20-17-11-14(22(23,24)25)3-8-18(17)26-12-27-20;1-2(3)4/h3,8,11-13,15-16,19,28H,4-7,9-10H2,1-2H3,(H,26,27,29);1H3,(H2,3,4). The van der Waals surface area contributed by atoms with Crippen molar-refractivity contribution in [3.8, 4) is 0 Å². The lowest BCUT2D eigenvalue weighted by atomic mass is 9.90. The Morgan fingerprint density at radius 2 is 1.80 bits per heavy atom. The van der Waals surface area contributed by atoms with Crippen molar-refractivity contribution >= 4 is 28.5 Å². The summed E-state index contributed by atoms with van der Waals surface area (Å²) in [5.74, 6) is -0.0693. The molecule has 1 aromatic heterocycles. The fourth-order valence-corrected chi connectivity index (χ4v) is 4.74. The molecule has 1 atom stereocenters. The Morgan fingerprint density at radius 1 is 1.14 bits per heavy atom. The third-order valence-corrected chi connectivity index (χ3v) is 6.22. The predicted octanol–water partition coefficient (Wildman–Crippen LogP) is 3.46.